The first kappa shape index (κ1) is 27.5. The number of carbonyl (C=O) groups is 1. The van der Waals surface area contributed by atoms with Crippen molar-refractivity contribution < 1.29 is 24.1 Å². The summed E-state index contributed by atoms with van der Waals surface area (Å²) in [6, 6.07) is 11.6. The fraction of sp³-hybridized carbons (Fsp3) is 0.400. The van der Waals surface area contributed by atoms with E-state index in [0.717, 1.165) is 41.6 Å². The van der Waals surface area contributed by atoms with Gasteiger partial charge < -0.3 is 20.3 Å². The molecule has 1 aliphatic rings. The van der Waals surface area contributed by atoms with E-state index in [0.29, 0.717) is 30.8 Å². The predicted octanol–water partition coefficient (Wildman–Crippen LogP) is 4.14. The highest BCUT2D eigenvalue weighted by atomic mass is 19.1. The minimum absolute atomic E-state index is 0.0661. The standard InChI is InChI=1S/C30H34FN3O4/c1-20(36)33-28-8-6-24(31)16-22(28)4-3-14-34-15-12-21(23(18-34)19-35)5-10-30(37)26-11-13-32-29-9-7-25(38-2)17-27(26)29/h6-9,11,13,16-17,21,23,30,35,37H,5,10,12,14-15,18-19H2,1-2H3,(H,33,36)/t21-,23-,30-/m1/s1. The lowest BCUT2D eigenvalue weighted by Gasteiger charge is -2.37. The minimum Gasteiger partial charge on any atom is -0.497 e. The Balaban J connectivity index is 1.35. The SMILES string of the molecule is COc1ccc2nccc([C@H](O)CC[C@@H]3CCN(CC#Cc4cc(F)ccc4NC(C)=O)C[C@@H]3CO)c2c1. The number of anilines is 1. The van der Waals surface area contributed by atoms with Crippen molar-refractivity contribution in [3.05, 3.63) is 65.6 Å². The lowest BCUT2D eigenvalue weighted by molar-refractivity contribution is -0.114. The monoisotopic (exact) mass is 519 g/mol. The maximum Gasteiger partial charge on any atom is 0.221 e. The van der Waals surface area contributed by atoms with Crippen molar-refractivity contribution in [3.63, 3.8) is 0 Å². The van der Waals surface area contributed by atoms with E-state index in [1.165, 1.54) is 25.1 Å². The molecule has 0 saturated carbocycles. The number of benzene rings is 2. The van der Waals surface area contributed by atoms with E-state index in [1.54, 1.807) is 13.3 Å². The van der Waals surface area contributed by atoms with Crippen LogP contribution in [0.15, 0.2) is 48.7 Å². The summed E-state index contributed by atoms with van der Waals surface area (Å²) < 4.78 is 19.1. The zero-order valence-electron chi connectivity index (χ0n) is 21.8. The van der Waals surface area contributed by atoms with Crippen LogP contribution in [0.3, 0.4) is 0 Å². The van der Waals surface area contributed by atoms with Gasteiger partial charge in [-0.2, -0.15) is 0 Å². The van der Waals surface area contributed by atoms with Crippen LogP contribution in [0.4, 0.5) is 10.1 Å². The molecule has 3 aromatic rings. The molecule has 3 atom stereocenters. The van der Waals surface area contributed by atoms with E-state index in [2.05, 4.69) is 27.0 Å². The molecular formula is C30H34FN3O4. The number of piperidine rings is 1. The number of amides is 1. The third kappa shape index (κ3) is 6.87. The summed E-state index contributed by atoms with van der Waals surface area (Å²) in [5.74, 6) is 6.50. The number of likely N-dealkylation sites (tertiary alicyclic amines) is 1. The smallest absolute Gasteiger partial charge is 0.221 e. The van der Waals surface area contributed by atoms with Crippen LogP contribution in [-0.4, -0.2) is 59.4 Å². The Hall–Kier alpha value is -3.51. The molecule has 1 aliphatic heterocycles. The summed E-state index contributed by atoms with van der Waals surface area (Å²) in [4.78, 5) is 18.0. The van der Waals surface area contributed by atoms with E-state index in [1.807, 2.05) is 24.3 Å². The fourth-order valence-corrected chi connectivity index (χ4v) is 5.14. The van der Waals surface area contributed by atoms with Gasteiger partial charge in [0.05, 0.1) is 36.5 Å². The molecule has 0 unspecified atom stereocenters. The normalized spacial score (nSPS) is 18.4. The molecule has 7 nitrogen and oxygen atoms in total. The van der Waals surface area contributed by atoms with E-state index >= 15 is 0 Å². The Morgan fingerprint density at radius 1 is 1.26 bits per heavy atom. The van der Waals surface area contributed by atoms with E-state index < -0.39 is 11.9 Å². The second kappa shape index (κ2) is 12.8. The van der Waals surface area contributed by atoms with E-state index in [-0.39, 0.29) is 24.3 Å². The molecule has 2 heterocycles. The highest BCUT2D eigenvalue weighted by molar-refractivity contribution is 5.90. The van der Waals surface area contributed by atoms with Crippen molar-refractivity contribution >= 4 is 22.5 Å². The average molecular weight is 520 g/mol. The number of fused-ring (bicyclic) bond motifs is 1. The average Bonchev–Trinajstić information content (AvgIpc) is 2.92. The summed E-state index contributed by atoms with van der Waals surface area (Å²) >= 11 is 0. The summed E-state index contributed by atoms with van der Waals surface area (Å²) in [7, 11) is 1.62. The molecule has 1 amide bonds. The predicted molar refractivity (Wildman–Crippen MR) is 145 cm³/mol. The molecule has 1 aromatic heterocycles. The number of halogens is 1. The van der Waals surface area contributed by atoms with Crippen molar-refractivity contribution in [1.82, 2.24) is 9.88 Å². The zero-order valence-corrected chi connectivity index (χ0v) is 21.8. The van der Waals surface area contributed by atoms with Crippen LogP contribution in [0.2, 0.25) is 0 Å². The maximum atomic E-state index is 13.7. The van der Waals surface area contributed by atoms with Gasteiger partial charge in [0.25, 0.3) is 0 Å². The van der Waals surface area contributed by atoms with Crippen molar-refractivity contribution in [2.45, 2.75) is 32.3 Å². The van der Waals surface area contributed by atoms with Gasteiger partial charge in [-0.3, -0.25) is 14.7 Å². The van der Waals surface area contributed by atoms with Crippen molar-refractivity contribution in [3.8, 4) is 17.6 Å². The Kier molecular flexibility index (Phi) is 9.29. The lowest BCUT2D eigenvalue weighted by Crippen LogP contribution is -2.42. The Labute approximate surface area is 222 Å². The number of rotatable bonds is 8. The molecule has 200 valence electrons. The molecule has 2 aromatic carbocycles. The number of carbonyl (C=O) groups excluding carboxylic acids is 1. The first-order valence-corrected chi connectivity index (χ1v) is 12.9. The summed E-state index contributed by atoms with van der Waals surface area (Å²) in [5, 5.41) is 24.7. The Bertz CT molecular complexity index is 1340. The highest BCUT2D eigenvalue weighted by Gasteiger charge is 2.29. The number of hydrogen-bond donors (Lipinski definition) is 3. The summed E-state index contributed by atoms with van der Waals surface area (Å²) in [6.07, 6.45) is 3.35. The van der Waals surface area contributed by atoms with Crippen molar-refractivity contribution in [2.24, 2.45) is 11.8 Å². The van der Waals surface area contributed by atoms with E-state index in [9.17, 15) is 19.4 Å². The number of ether oxygens (including phenoxy) is 1. The topological polar surface area (TPSA) is 94.9 Å². The van der Waals surface area contributed by atoms with Crippen LogP contribution >= 0.6 is 0 Å². The molecule has 8 heteroatoms. The van der Waals surface area contributed by atoms with Gasteiger partial charge in [0.2, 0.25) is 5.91 Å². The molecular weight excluding hydrogens is 485 g/mol. The number of aliphatic hydroxyl groups is 2. The number of methoxy groups -OCH3 is 1. The number of nitrogens with one attached hydrogen (secondary N) is 1. The van der Waals surface area contributed by atoms with Gasteiger partial charge in [0.15, 0.2) is 0 Å². The molecule has 0 spiro atoms. The van der Waals surface area contributed by atoms with Gasteiger partial charge in [0.1, 0.15) is 11.6 Å². The van der Waals surface area contributed by atoms with Gasteiger partial charge in [-0.05, 0) is 85.7 Å². The first-order chi connectivity index (χ1) is 18.4. The molecule has 4 rings (SSSR count). The summed E-state index contributed by atoms with van der Waals surface area (Å²) in [5.41, 5.74) is 2.56. The first-order valence-electron chi connectivity index (χ1n) is 12.9. The zero-order chi connectivity index (χ0) is 27.1. The van der Waals surface area contributed by atoms with Gasteiger partial charge in [-0.1, -0.05) is 11.8 Å². The quantitative estimate of drug-likeness (QED) is 0.388. The maximum absolute atomic E-state index is 13.7. The molecule has 1 fully saturated rings. The Morgan fingerprint density at radius 2 is 2.11 bits per heavy atom. The largest absolute Gasteiger partial charge is 0.497 e. The van der Waals surface area contributed by atoms with Gasteiger partial charge in [0, 0.05) is 31.7 Å². The number of aromatic nitrogens is 1. The Morgan fingerprint density at radius 3 is 2.87 bits per heavy atom. The third-order valence-electron chi connectivity index (χ3n) is 7.18. The minimum atomic E-state index is -0.639. The number of pyridine rings is 1. The number of aliphatic hydroxyl groups excluding tert-OH is 2. The number of nitrogens with zero attached hydrogens (tertiary/aromatic N) is 2. The molecule has 38 heavy (non-hydrogen) atoms. The second-order valence-corrected chi connectivity index (χ2v) is 9.78. The van der Waals surface area contributed by atoms with Gasteiger partial charge in [-0.15, -0.1) is 0 Å². The lowest BCUT2D eigenvalue weighted by atomic mass is 9.81. The fourth-order valence-electron chi connectivity index (χ4n) is 5.14. The van der Waals surface area contributed by atoms with Crippen LogP contribution in [-0.2, 0) is 4.79 Å². The molecule has 0 bridgehead atoms. The van der Waals surface area contributed by atoms with Crippen LogP contribution in [0.5, 0.6) is 5.75 Å². The number of hydrogen-bond acceptors (Lipinski definition) is 6. The van der Waals surface area contributed by atoms with Crippen molar-refractivity contribution in [2.75, 3.05) is 38.7 Å². The summed E-state index contributed by atoms with van der Waals surface area (Å²) in [6.45, 7) is 3.46. The molecule has 0 radical (unpaired) electrons. The molecule has 3 N–H and O–H groups in total. The van der Waals surface area contributed by atoms with Crippen LogP contribution in [0.1, 0.15) is 43.4 Å². The van der Waals surface area contributed by atoms with Gasteiger partial charge >= 0.3 is 0 Å². The van der Waals surface area contributed by atoms with Crippen molar-refractivity contribution in [1.29, 1.82) is 0 Å². The molecule has 1 saturated heterocycles. The van der Waals surface area contributed by atoms with Crippen LogP contribution in [0.25, 0.3) is 10.9 Å². The third-order valence-corrected chi connectivity index (χ3v) is 7.18. The van der Waals surface area contributed by atoms with Gasteiger partial charge in [-0.25, -0.2) is 4.39 Å². The second-order valence-electron chi connectivity index (χ2n) is 9.78. The van der Waals surface area contributed by atoms with Crippen LogP contribution in [0, 0.1) is 29.5 Å². The van der Waals surface area contributed by atoms with Crippen LogP contribution < -0.4 is 10.1 Å². The highest BCUT2D eigenvalue weighted by Crippen LogP contribution is 2.33. The molecule has 0 aliphatic carbocycles. The van der Waals surface area contributed by atoms with E-state index in [4.69, 9.17) is 4.74 Å².